The number of nitrogens with two attached hydrogens (primary N) is 1. The Bertz CT molecular complexity index is 174. The molecule has 0 bridgehead atoms. The number of rotatable bonds is 4. The Kier molecular flexibility index (Phi) is 3.72. The van der Waals surface area contributed by atoms with E-state index in [9.17, 15) is 4.79 Å². The van der Waals surface area contributed by atoms with Gasteiger partial charge in [-0.2, -0.15) is 0 Å². The van der Waals surface area contributed by atoms with Gasteiger partial charge in [-0.1, -0.05) is 19.8 Å². The van der Waals surface area contributed by atoms with Gasteiger partial charge in [0.15, 0.2) is 0 Å². The monoisotopic (exact) mass is 185 g/mol. The largest absolute Gasteiger partial charge is 0.466 e. The predicted molar refractivity (Wildman–Crippen MR) is 51.3 cm³/mol. The molecule has 0 aromatic heterocycles. The molecule has 1 aliphatic rings. The van der Waals surface area contributed by atoms with Gasteiger partial charge in [-0.25, -0.2) is 0 Å². The molecule has 1 saturated carbocycles. The van der Waals surface area contributed by atoms with Crippen molar-refractivity contribution >= 4 is 5.97 Å². The number of carbonyl (C=O) groups excluding carboxylic acids is 1. The molecule has 76 valence electrons. The maximum absolute atomic E-state index is 11.3. The van der Waals surface area contributed by atoms with Crippen LogP contribution in [0.2, 0.25) is 0 Å². The topological polar surface area (TPSA) is 52.3 Å². The third kappa shape index (κ3) is 3.35. The fourth-order valence-electron chi connectivity index (χ4n) is 1.81. The van der Waals surface area contributed by atoms with E-state index < -0.39 is 0 Å². The fourth-order valence-corrected chi connectivity index (χ4v) is 1.81. The first-order valence-corrected chi connectivity index (χ1v) is 5.11. The number of hydrogen-bond acceptors (Lipinski definition) is 3. The molecular weight excluding hydrogens is 166 g/mol. The minimum atomic E-state index is -0.259. The highest BCUT2D eigenvalue weighted by Crippen LogP contribution is 2.30. The summed E-state index contributed by atoms with van der Waals surface area (Å²) in [5.41, 5.74) is 5.77. The average molecular weight is 185 g/mol. The quantitative estimate of drug-likeness (QED) is 0.677. The zero-order valence-corrected chi connectivity index (χ0v) is 8.34. The summed E-state index contributed by atoms with van der Waals surface area (Å²) in [5.74, 6) is -0.133. The molecule has 0 aromatic carbocycles. The highest BCUT2D eigenvalue weighted by molar-refractivity contribution is 5.70. The lowest BCUT2D eigenvalue weighted by Crippen LogP contribution is -2.39. The lowest BCUT2D eigenvalue weighted by molar-refractivity contribution is -0.145. The SMILES string of the molecule is CCCOC(=O)CC1(N)CCCC1. The van der Waals surface area contributed by atoms with E-state index in [1.54, 1.807) is 0 Å². The molecule has 0 atom stereocenters. The maximum Gasteiger partial charge on any atom is 0.307 e. The number of hydrogen-bond donors (Lipinski definition) is 1. The molecule has 1 fully saturated rings. The molecule has 0 amide bonds. The minimum absolute atomic E-state index is 0.133. The summed E-state index contributed by atoms with van der Waals surface area (Å²) >= 11 is 0. The summed E-state index contributed by atoms with van der Waals surface area (Å²) in [5, 5.41) is 0. The molecule has 0 radical (unpaired) electrons. The number of carbonyl (C=O) groups is 1. The van der Waals surface area contributed by atoms with Crippen LogP contribution >= 0.6 is 0 Å². The molecule has 1 rings (SSSR count). The van der Waals surface area contributed by atoms with Crippen LogP contribution in [0.3, 0.4) is 0 Å². The summed E-state index contributed by atoms with van der Waals surface area (Å²) < 4.78 is 5.00. The van der Waals surface area contributed by atoms with Crippen LogP contribution in [0.15, 0.2) is 0 Å². The standard InChI is InChI=1S/C10H19NO2/c1-2-7-13-9(12)8-10(11)5-3-4-6-10/h2-8,11H2,1H3. The summed E-state index contributed by atoms with van der Waals surface area (Å²) in [6, 6.07) is 0. The fraction of sp³-hybridized carbons (Fsp3) is 0.900. The van der Waals surface area contributed by atoms with Gasteiger partial charge in [0.1, 0.15) is 0 Å². The lowest BCUT2D eigenvalue weighted by atomic mass is 9.95. The minimum Gasteiger partial charge on any atom is -0.466 e. The van der Waals surface area contributed by atoms with E-state index in [1.165, 1.54) is 0 Å². The van der Waals surface area contributed by atoms with E-state index in [4.69, 9.17) is 10.5 Å². The highest BCUT2D eigenvalue weighted by Gasteiger charge is 2.32. The zero-order chi connectivity index (χ0) is 9.73. The zero-order valence-electron chi connectivity index (χ0n) is 8.34. The van der Waals surface area contributed by atoms with Gasteiger partial charge >= 0.3 is 5.97 Å². The smallest absolute Gasteiger partial charge is 0.307 e. The lowest BCUT2D eigenvalue weighted by Gasteiger charge is -2.21. The molecule has 0 unspecified atom stereocenters. The van der Waals surface area contributed by atoms with E-state index in [0.29, 0.717) is 13.0 Å². The average Bonchev–Trinajstić information content (AvgIpc) is 2.48. The first kappa shape index (κ1) is 10.5. The predicted octanol–water partition coefficient (Wildman–Crippen LogP) is 1.60. The van der Waals surface area contributed by atoms with Gasteiger partial charge in [0.25, 0.3) is 0 Å². The van der Waals surface area contributed by atoms with Crippen LogP contribution in [-0.4, -0.2) is 18.1 Å². The van der Waals surface area contributed by atoms with Gasteiger partial charge in [-0.15, -0.1) is 0 Å². The molecule has 0 heterocycles. The molecule has 0 spiro atoms. The van der Waals surface area contributed by atoms with Crippen LogP contribution in [0.1, 0.15) is 45.4 Å². The van der Waals surface area contributed by atoms with Crippen LogP contribution in [-0.2, 0) is 9.53 Å². The Hall–Kier alpha value is -0.570. The number of esters is 1. The molecule has 1 aliphatic carbocycles. The Morgan fingerprint density at radius 2 is 2.08 bits per heavy atom. The van der Waals surface area contributed by atoms with Crippen molar-refractivity contribution in [2.75, 3.05) is 6.61 Å². The molecule has 2 N–H and O–H groups in total. The van der Waals surface area contributed by atoms with Gasteiger partial charge in [-0.05, 0) is 19.3 Å². The third-order valence-electron chi connectivity index (χ3n) is 2.56. The summed E-state index contributed by atoms with van der Waals surface area (Å²) in [6.07, 6.45) is 5.51. The van der Waals surface area contributed by atoms with Crippen molar-refractivity contribution in [2.24, 2.45) is 5.73 Å². The van der Waals surface area contributed by atoms with E-state index >= 15 is 0 Å². The number of ether oxygens (including phenoxy) is 1. The van der Waals surface area contributed by atoms with Crippen molar-refractivity contribution in [1.82, 2.24) is 0 Å². The summed E-state index contributed by atoms with van der Waals surface area (Å²) in [6.45, 7) is 2.51. The van der Waals surface area contributed by atoms with E-state index in [-0.39, 0.29) is 11.5 Å². The van der Waals surface area contributed by atoms with E-state index in [2.05, 4.69) is 0 Å². The Labute approximate surface area is 79.6 Å². The second-order valence-corrected chi connectivity index (χ2v) is 3.97. The van der Waals surface area contributed by atoms with Gasteiger partial charge in [-0.3, -0.25) is 4.79 Å². The van der Waals surface area contributed by atoms with E-state index in [0.717, 1.165) is 32.1 Å². The Balaban J connectivity index is 2.26. The van der Waals surface area contributed by atoms with Crippen LogP contribution < -0.4 is 5.73 Å². The Morgan fingerprint density at radius 3 is 2.62 bits per heavy atom. The Morgan fingerprint density at radius 1 is 1.46 bits per heavy atom. The van der Waals surface area contributed by atoms with Crippen molar-refractivity contribution in [3.05, 3.63) is 0 Å². The maximum atomic E-state index is 11.3. The van der Waals surface area contributed by atoms with Crippen molar-refractivity contribution in [2.45, 2.75) is 51.0 Å². The van der Waals surface area contributed by atoms with Crippen LogP contribution in [0, 0.1) is 0 Å². The molecule has 3 nitrogen and oxygen atoms in total. The van der Waals surface area contributed by atoms with Crippen LogP contribution in [0.25, 0.3) is 0 Å². The molecule has 0 aliphatic heterocycles. The molecule has 13 heavy (non-hydrogen) atoms. The van der Waals surface area contributed by atoms with E-state index in [1.807, 2.05) is 6.92 Å². The molecule has 0 saturated heterocycles. The first-order valence-electron chi connectivity index (χ1n) is 5.11. The molecular formula is C10H19NO2. The van der Waals surface area contributed by atoms with Crippen molar-refractivity contribution in [3.63, 3.8) is 0 Å². The summed E-state index contributed by atoms with van der Waals surface area (Å²) in [4.78, 5) is 11.3. The van der Waals surface area contributed by atoms with Crippen LogP contribution in [0.4, 0.5) is 0 Å². The van der Waals surface area contributed by atoms with Crippen molar-refractivity contribution < 1.29 is 9.53 Å². The molecule has 0 aromatic rings. The molecule has 3 heteroatoms. The summed E-state index contributed by atoms with van der Waals surface area (Å²) in [7, 11) is 0. The first-order chi connectivity index (χ1) is 6.16. The van der Waals surface area contributed by atoms with Crippen molar-refractivity contribution in [1.29, 1.82) is 0 Å². The normalized spacial score (nSPS) is 20.2. The third-order valence-corrected chi connectivity index (χ3v) is 2.56. The highest BCUT2D eigenvalue weighted by atomic mass is 16.5. The van der Waals surface area contributed by atoms with Gasteiger partial charge < -0.3 is 10.5 Å². The second kappa shape index (κ2) is 4.61. The van der Waals surface area contributed by atoms with Gasteiger partial charge in [0, 0.05) is 5.54 Å². The van der Waals surface area contributed by atoms with Crippen LogP contribution in [0.5, 0.6) is 0 Å². The second-order valence-electron chi connectivity index (χ2n) is 3.97. The van der Waals surface area contributed by atoms with Gasteiger partial charge in [0.05, 0.1) is 13.0 Å². The van der Waals surface area contributed by atoms with Crippen molar-refractivity contribution in [3.8, 4) is 0 Å². The van der Waals surface area contributed by atoms with Gasteiger partial charge in [0.2, 0.25) is 0 Å².